The molecular formula is C11H9FN2O2. The highest BCUT2D eigenvalue weighted by Gasteiger charge is 2.17. The van der Waals surface area contributed by atoms with Crippen LogP contribution < -0.4 is 10.5 Å². The van der Waals surface area contributed by atoms with Gasteiger partial charge in [0.1, 0.15) is 0 Å². The van der Waals surface area contributed by atoms with Crippen molar-refractivity contribution in [1.82, 2.24) is 4.98 Å². The first-order chi connectivity index (χ1) is 7.65. The van der Waals surface area contributed by atoms with Crippen molar-refractivity contribution < 1.29 is 13.9 Å². The molecule has 0 unspecified atom stereocenters. The van der Waals surface area contributed by atoms with Gasteiger partial charge < -0.3 is 10.5 Å². The third-order valence-electron chi connectivity index (χ3n) is 2.30. The lowest BCUT2D eigenvalue weighted by atomic mass is 10.1. The quantitative estimate of drug-likeness (QED) is 0.833. The van der Waals surface area contributed by atoms with Gasteiger partial charge in [0.05, 0.1) is 12.7 Å². The number of amides is 1. The summed E-state index contributed by atoms with van der Waals surface area (Å²) in [6.45, 7) is 0. The third-order valence-corrected chi connectivity index (χ3v) is 2.30. The molecule has 1 amide bonds. The zero-order chi connectivity index (χ0) is 11.7. The van der Waals surface area contributed by atoms with Gasteiger partial charge in [0.15, 0.2) is 11.6 Å². The van der Waals surface area contributed by atoms with Crippen molar-refractivity contribution >= 4 is 16.7 Å². The van der Waals surface area contributed by atoms with Gasteiger partial charge in [-0.25, -0.2) is 4.39 Å². The van der Waals surface area contributed by atoms with Crippen molar-refractivity contribution in [1.29, 1.82) is 0 Å². The summed E-state index contributed by atoms with van der Waals surface area (Å²) in [5, 5.41) is 0.853. The molecule has 5 heteroatoms. The Morgan fingerprint density at radius 2 is 2.31 bits per heavy atom. The minimum atomic E-state index is -0.727. The zero-order valence-electron chi connectivity index (χ0n) is 8.53. The molecule has 4 nitrogen and oxygen atoms in total. The van der Waals surface area contributed by atoms with Crippen molar-refractivity contribution in [3.8, 4) is 5.75 Å². The molecule has 0 bridgehead atoms. The summed E-state index contributed by atoms with van der Waals surface area (Å²) < 4.78 is 18.8. The first-order valence-electron chi connectivity index (χ1n) is 4.55. The van der Waals surface area contributed by atoms with Gasteiger partial charge >= 0.3 is 0 Å². The highest BCUT2D eigenvalue weighted by atomic mass is 19.1. The number of halogens is 1. The first kappa shape index (κ1) is 10.4. The smallest absolute Gasteiger partial charge is 0.252 e. The summed E-state index contributed by atoms with van der Waals surface area (Å²) >= 11 is 0. The number of rotatable bonds is 2. The van der Waals surface area contributed by atoms with Gasteiger partial charge in [-0.05, 0) is 17.5 Å². The molecule has 2 N–H and O–H groups in total. The Balaban J connectivity index is 2.87. The number of carbonyl (C=O) groups excluding carboxylic acids is 1. The van der Waals surface area contributed by atoms with E-state index < -0.39 is 11.7 Å². The average Bonchev–Trinajstić information content (AvgIpc) is 2.29. The number of pyridine rings is 1. The Labute approximate surface area is 90.8 Å². The van der Waals surface area contributed by atoms with Gasteiger partial charge in [0.25, 0.3) is 5.91 Å². The predicted molar refractivity (Wildman–Crippen MR) is 56.8 cm³/mol. The number of hydrogen-bond donors (Lipinski definition) is 1. The number of aromatic nitrogens is 1. The van der Waals surface area contributed by atoms with Crippen LogP contribution in [0.25, 0.3) is 10.8 Å². The second-order valence-electron chi connectivity index (χ2n) is 3.23. The van der Waals surface area contributed by atoms with Crippen LogP contribution in [0.5, 0.6) is 5.75 Å². The highest BCUT2D eigenvalue weighted by Crippen LogP contribution is 2.29. The predicted octanol–water partition coefficient (Wildman–Crippen LogP) is 1.48. The van der Waals surface area contributed by atoms with E-state index in [0.717, 1.165) is 0 Å². The molecule has 2 rings (SSSR count). The van der Waals surface area contributed by atoms with Crippen LogP contribution in [0.3, 0.4) is 0 Å². The van der Waals surface area contributed by atoms with Crippen molar-refractivity contribution in [3.63, 3.8) is 0 Å². The molecule has 0 atom stereocenters. The van der Waals surface area contributed by atoms with Gasteiger partial charge in [-0.2, -0.15) is 0 Å². The van der Waals surface area contributed by atoms with E-state index in [9.17, 15) is 9.18 Å². The maximum Gasteiger partial charge on any atom is 0.252 e. The standard InChI is InChI=1S/C11H9FN2O2/c1-16-10-7(11(13)15)4-6-2-3-14-5-8(6)9(10)12/h2-5H,1H3,(H2,13,15). The molecule has 2 aromatic rings. The number of nitrogens with two attached hydrogens (primary N) is 1. The summed E-state index contributed by atoms with van der Waals surface area (Å²) in [7, 11) is 1.28. The van der Waals surface area contributed by atoms with Gasteiger partial charge in [0.2, 0.25) is 0 Å². The van der Waals surface area contributed by atoms with E-state index in [-0.39, 0.29) is 11.3 Å². The molecule has 0 fully saturated rings. The topological polar surface area (TPSA) is 65.2 Å². The molecule has 1 heterocycles. The number of nitrogens with zero attached hydrogens (tertiary/aromatic N) is 1. The van der Waals surface area contributed by atoms with Crippen LogP contribution in [0, 0.1) is 5.82 Å². The monoisotopic (exact) mass is 220 g/mol. The number of hydrogen-bond acceptors (Lipinski definition) is 3. The number of primary amides is 1. The van der Waals surface area contributed by atoms with Crippen LogP contribution in [0.1, 0.15) is 10.4 Å². The van der Waals surface area contributed by atoms with E-state index in [2.05, 4.69) is 4.98 Å². The van der Waals surface area contributed by atoms with Crippen molar-refractivity contribution in [3.05, 3.63) is 35.9 Å². The average molecular weight is 220 g/mol. The van der Waals surface area contributed by atoms with Crippen molar-refractivity contribution in [2.75, 3.05) is 7.11 Å². The molecule has 0 saturated heterocycles. The minimum absolute atomic E-state index is 0.0266. The fraction of sp³-hybridized carbons (Fsp3) is 0.0909. The molecule has 0 saturated carbocycles. The van der Waals surface area contributed by atoms with Gasteiger partial charge in [0, 0.05) is 17.8 Å². The number of carbonyl (C=O) groups is 1. The highest BCUT2D eigenvalue weighted by molar-refractivity contribution is 6.00. The number of fused-ring (bicyclic) bond motifs is 1. The maximum absolute atomic E-state index is 13.9. The molecule has 0 spiro atoms. The summed E-state index contributed by atoms with van der Waals surface area (Å²) in [5.74, 6) is -1.50. The molecule has 82 valence electrons. The number of methoxy groups -OCH3 is 1. The van der Waals surface area contributed by atoms with Crippen LogP contribution in [0.15, 0.2) is 24.5 Å². The summed E-state index contributed by atoms with van der Waals surface area (Å²) in [5.41, 5.74) is 5.18. The Bertz CT molecular complexity index is 569. The van der Waals surface area contributed by atoms with Crippen LogP contribution >= 0.6 is 0 Å². The fourth-order valence-electron chi connectivity index (χ4n) is 1.56. The van der Waals surface area contributed by atoms with E-state index in [0.29, 0.717) is 10.8 Å². The second-order valence-corrected chi connectivity index (χ2v) is 3.23. The lowest BCUT2D eigenvalue weighted by molar-refractivity contribution is 0.0997. The third kappa shape index (κ3) is 1.46. The van der Waals surface area contributed by atoms with E-state index >= 15 is 0 Å². The lowest BCUT2D eigenvalue weighted by Gasteiger charge is -2.09. The van der Waals surface area contributed by atoms with Crippen LogP contribution in [-0.2, 0) is 0 Å². The largest absolute Gasteiger partial charge is 0.493 e. The molecule has 1 aromatic carbocycles. The van der Waals surface area contributed by atoms with Crippen LogP contribution in [-0.4, -0.2) is 18.0 Å². The number of benzene rings is 1. The fourth-order valence-corrected chi connectivity index (χ4v) is 1.56. The van der Waals surface area contributed by atoms with E-state index in [1.807, 2.05) is 0 Å². The van der Waals surface area contributed by atoms with Crippen molar-refractivity contribution in [2.24, 2.45) is 5.73 Å². The van der Waals surface area contributed by atoms with E-state index in [1.165, 1.54) is 25.6 Å². The molecule has 16 heavy (non-hydrogen) atoms. The summed E-state index contributed by atoms with van der Waals surface area (Å²) in [4.78, 5) is 14.9. The molecule has 0 aliphatic rings. The Morgan fingerprint density at radius 1 is 1.56 bits per heavy atom. The Kier molecular flexibility index (Phi) is 2.44. The zero-order valence-corrected chi connectivity index (χ0v) is 8.53. The van der Waals surface area contributed by atoms with E-state index in [4.69, 9.17) is 10.5 Å². The Morgan fingerprint density at radius 3 is 2.94 bits per heavy atom. The molecule has 1 aromatic heterocycles. The molecular weight excluding hydrogens is 211 g/mol. The molecule has 0 aliphatic carbocycles. The normalized spacial score (nSPS) is 10.4. The van der Waals surface area contributed by atoms with Gasteiger partial charge in [-0.3, -0.25) is 9.78 Å². The first-order valence-corrected chi connectivity index (χ1v) is 4.55. The molecule has 0 aliphatic heterocycles. The van der Waals surface area contributed by atoms with Crippen LogP contribution in [0.2, 0.25) is 0 Å². The maximum atomic E-state index is 13.9. The van der Waals surface area contributed by atoms with Crippen molar-refractivity contribution in [2.45, 2.75) is 0 Å². The summed E-state index contributed by atoms with van der Waals surface area (Å²) in [6.07, 6.45) is 2.89. The van der Waals surface area contributed by atoms with E-state index in [1.54, 1.807) is 6.07 Å². The van der Waals surface area contributed by atoms with Gasteiger partial charge in [-0.1, -0.05) is 0 Å². The molecule has 0 radical (unpaired) electrons. The van der Waals surface area contributed by atoms with Crippen LogP contribution in [0.4, 0.5) is 4.39 Å². The second kappa shape index (κ2) is 3.77. The van der Waals surface area contributed by atoms with Gasteiger partial charge in [-0.15, -0.1) is 0 Å². The summed E-state index contributed by atoms with van der Waals surface area (Å²) in [6, 6.07) is 3.09. The Hall–Kier alpha value is -2.17. The SMILES string of the molecule is COc1c(C(N)=O)cc2ccncc2c1F. The minimum Gasteiger partial charge on any atom is -0.493 e. The number of ether oxygens (including phenoxy) is 1. The lowest BCUT2D eigenvalue weighted by Crippen LogP contribution is -2.13.